The minimum atomic E-state index is 0.454. The van der Waals surface area contributed by atoms with Crippen LogP contribution in [0.4, 0.5) is 0 Å². The maximum atomic E-state index is 5.93. The number of hydrogen-bond acceptors (Lipinski definition) is 4. The molecule has 0 radical (unpaired) electrons. The molecule has 3 aliphatic heterocycles. The normalized spacial score (nSPS) is 35.2. The Morgan fingerprint density at radius 3 is 2.58 bits per heavy atom. The van der Waals surface area contributed by atoms with Gasteiger partial charge in [0.25, 0.3) is 0 Å². The molecular formula is C15H29N3O. The first-order valence-corrected chi connectivity index (χ1v) is 8.04. The van der Waals surface area contributed by atoms with Gasteiger partial charge >= 0.3 is 0 Å². The molecular weight excluding hydrogens is 238 g/mol. The van der Waals surface area contributed by atoms with Crippen LogP contribution in [-0.2, 0) is 4.74 Å². The van der Waals surface area contributed by atoms with E-state index in [-0.39, 0.29) is 0 Å². The molecule has 0 aromatic heterocycles. The highest BCUT2D eigenvalue weighted by molar-refractivity contribution is 4.81. The van der Waals surface area contributed by atoms with Gasteiger partial charge in [-0.1, -0.05) is 0 Å². The molecule has 3 aliphatic rings. The molecule has 3 fully saturated rings. The Balaban J connectivity index is 1.42. The van der Waals surface area contributed by atoms with E-state index in [4.69, 9.17) is 4.74 Å². The first-order valence-electron chi connectivity index (χ1n) is 8.04. The van der Waals surface area contributed by atoms with Crippen molar-refractivity contribution in [1.82, 2.24) is 14.7 Å². The maximum absolute atomic E-state index is 5.93. The summed E-state index contributed by atoms with van der Waals surface area (Å²) in [4.78, 5) is 7.67. The zero-order valence-corrected chi connectivity index (χ0v) is 12.4. The number of morpholine rings is 1. The SMILES string of the molecule is CN1CCCC(CN2CCOC(CN3CCC3)C2)C1. The molecule has 3 saturated heterocycles. The fraction of sp³-hybridized carbons (Fsp3) is 1.00. The Labute approximate surface area is 117 Å². The molecule has 0 bridgehead atoms. The standard InChI is InChI=1S/C15H29N3O/c1-16-5-2-4-14(10-16)11-18-8-9-19-15(13-18)12-17-6-3-7-17/h14-15H,2-13H2,1H3. The van der Waals surface area contributed by atoms with Crippen molar-refractivity contribution in [1.29, 1.82) is 0 Å². The Morgan fingerprint density at radius 1 is 0.947 bits per heavy atom. The summed E-state index contributed by atoms with van der Waals surface area (Å²) < 4.78 is 5.93. The van der Waals surface area contributed by atoms with Gasteiger partial charge in [-0.3, -0.25) is 4.90 Å². The average molecular weight is 267 g/mol. The van der Waals surface area contributed by atoms with E-state index in [1.54, 1.807) is 0 Å². The first-order chi connectivity index (χ1) is 9.29. The summed E-state index contributed by atoms with van der Waals surface area (Å²) in [6.07, 6.45) is 4.63. The van der Waals surface area contributed by atoms with E-state index < -0.39 is 0 Å². The first kappa shape index (κ1) is 13.8. The third-order valence-corrected chi connectivity index (χ3v) is 4.87. The number of rotatable bonds is 4. The van der Waals surface area contributed by atoms with E-state index in [0.29, 0.717) is 6.10 Å². The summed E-state index contributed by atoms with van der Waals surface area (Å²) in [5.41, 5.74) is 0. The molecule has 2 atom stereocenters. The van der Waals surface area contributed by atoms with Crippen LogP contribution in [0.5, 0.6) is 0 Å². The summed E-state index contributed by atoms with van der Waals surface area (Å²) in [6.45, 7) is 10.8. The van der Waals surface area contributed by atoms with Crippen LogP contribution in [0, 0.1) is 5.92 Å². The van der Waals surface area contributed by atoms with Crippen LogP contribution in [0.25, 0.3) is 0 Å². The fourth-order valence-corrected chi connectivity index (χ4v) is 3.70. The second-order valence-corrected chi connectivity index (χ2v) is 6.68. The predicted octanol–water partition coefficient (Wildman–Crippen LogP) is 0.735. The molecule has 0 saturated carbocycles. The fourth-order valence-electron chi connectivity index (χ4n) is 3.70. The van der Waals surface area contributed by atoms with E-state index in [1.165, 1.54) is 52.0 Å². The molecule has 2 unspecified atom stereocenters. The molecule has 3 heterocycles. The van der Waals surface area contributed by atoms with Crippen LogP contribution in [0.3, 0.4) is 0 Å². The zero-order valence-electron chi connectivity index (χ0n) is 12.4. The van der Waals surface area contributed by atoms with Gasteiger partial charge in [0, 0.05) is 32.7 Å². The Morgan fingerprint density at radius 2 is 1.84 bits per heavy atom. The van der Waals surface area contributed by atoms with Crippen LogP contribution in [0.2, 0.25) is 0 Å². The molecule has 0 aromatic rings. The van der Waals surface area contributed by atoms with E-state index >= 15 is 0 Å². The van der Waals surface area contributed by atoms with Gasteiger partial charge in [-0.2, -0.15) is 0 Å². The van der Waals surface area contributed by atoms with Crippen LogP contribution < -0.4 is 0 Å². The lowest BCUT2D eigenvalue weighted by Gasteiger charge is -2.40. The minimum absolute atomic E-state index is 0.454. The van der Waals surface area contributed by atoms with Crippen LogP contribution in [0.15, 0.2) is 0 Å². The van der Waals surface area contributed by atoms with Gasteiger partial charge in [0.1, 0.15) is 0 Å². The van der Waals surface area contributed by atoms with Crippen molar-refractivity contribution < 1.29 is 4.74 Å². The van der Waals surface area contributed by atoms with Crippen molar-refractivity contribution in [3.8, 4) is 0 Å². The summed E-state index contributed by atoms with van der Waals surface area (Å²) in [5, 5.41) is 0. The highest BCUT2D eigenvalue weighted by Gasteiger charge is 2.27. The third-order valence-electron chi connectivity index (χ3n) is 4.87. The van der Waals surface area contributed by atoms with E-state index in [1.807, 2.05) is 0 Å². The summed E-state index contributed by atoms with van der Waals surface area (Å²) in [5.74, 6) is 0.876. The third kappa shape index (κ3) is 3.91. The molecule has 0 aliphatic carbocycles. The summed E-state index contributed by atoms with van der Waals surface area (Å²) in [7, 11) is 2.26. The van der Waals surface area contributed by atoms with Gasteiger partial charge in [0.2, 0.25) is 0 Å². The van der Waals surface area contributed by atoms with Crippen LogP contribution in [0.1, 0.15) is 19.3 Å². The summed E-state index contributed by atoms with van der Waals surface area (Å²) in [6, 6.07) is 0. The molecule has 0 aromatic carbocycles. The topological polar surface area (TPSA) is 19.0 Å². The van der Waals surface area contributed by atoms with Crippen LogP contribution in [-0.4, -0.2) is 86.8 Å². The van der Waals surface area contributed by atoms with Crippen molar-refractivity contribution in [2.75, 3.05) is 66.0 Å². The quantitative estimate of drug-likeness (QED) is 0.747. The van der Waals surface area contributed by atoms with E-state index in [9.17, 15) is 0 Å². The Kier molecular flexibility index (Phi) is 4.74. The lowest BCUT2D eigenvalue weighted by Crippen LogP contribution is -2.52. The van der Waals surface area contributed by atoms with Gasteiger partial charge in [0.05, 0.1) is 12.7 Å². The van der Waals surface area contributed by atoms with E-state index in [0.717, 1.165) is 32.2 Å². The van der Waals surface area contributed by atoms with Crippen molar-refractivity contribution >= 4 is 0 Å². The van der Waals surface area contributed by atoms with Crippen LogP contribution >= 0.6 is 0 Å². The molecule has 0 N–H and O–H groups in total. The zero-order chi connectivity index (χ0) is 13.1. The number of hydrogen-bond donors (Lipinski definition) is 0. The monoisotopic (exact) mass is 267 g/mol. The minimum Gasteiger partial charge on any atom is -0.374 e. The molecule has 3 rings (SSSR count). The van der Waals surface area contributed by atoms with Crippen molar-refractivity contribution in [2.24, 2.45) is 5.92 Å². The smallest absolute Gasteiger partial charge is 0.0829 e. The lowest BCUT2D eigenvalue weighted by molar-refractivity contribution is -0.0560. The van der Waals surface area contributed by atoms with Crippen molar-refractivity contribution in [3.63, 3.8) is 0 Å². The Bertz CT molecular complexity index is 283. The molecule has 19 heavy (non-hydrogen) atoms. The number of nitrogens with zero attached hydrogens (tertiary/aromatic N) is 3. The average Bonchev–Trinajstić information content (AvgIpc) is 2.34. The lowest BCUT2D eigenvalue weighted by atomic mass is 9.97. The number of likely N-dealkylation sites (tertiary alicyclic amines) is 2. The Hall–Kier alpha value is -0.160. The van der Waals surface area contributed by atoms with Gasteiger partial charge in [0.15, 0.2) is 0 Å². The van der Waals surface area contributed by atoms with Crippen molar-refractivity contribution in [2.45, 2.75) is 25.4 Å². The molecule has 110 valence electrons. The van der Waals surface area contributed by atoms with Crippen molar-refractivity contribution in [3.05, 3.63) is 0 Å². The second-order valence-electron chi connectivity index (χ2n) is 6.68. The van der Waals surface area contributed by atoms with Gasteiger partial charge in [-0.15, -0.1) is 0 Å². The predicted molar refractivity (Wildman–Crippen MR) is 77.5 cm³/mol. The molecule has 0 spiro atoms. The van der Waals surface area contributed by atoms with E-state index in [2.05, 4.69) is 21.7 Å². The summed E-state index contributed by atoms with van der Waals surface area (Å²) >= 11 is 0. The molecule has 0 amide bonds. The molecule has 4 heteroatoms. The number of piperidine rings is 1. The number of ether oxygens (including phenoxy) is 1. The van der Waals surface area contributed by atoms with Gasteiger partial charge < -0.3 is 14.5 Å². The van der Waals surface area contributed by atoms with Gasteiger partial charge in [-0.25, -0.2) is 0 Å². The van der Waals surface area contributed by atoms with Gasteiger partial charge in [-0.05, 0) is 51.9 Å². The highest BCUT2D eigenvalue weighted by atomic mass is 16.5. The second kappa shape index (κ2) is 6.53. The largest absolute Gasteiger partial charge is 0.374 e. The highest BCUT2D eigenvalue weighted by Crippen LogP contribution is 2.18. The molecule has 4 nitrogen and oxygen atoms in total. The maximum Gasteiger partial charge on any atom is 0.0829 e.